The van der Waals surface area contributed by atoms with Crippen molar-refractivity contribution in [3.05, 3.63) is 63.5 Å². The van der Waals surface area contributed by atoms with Gasteiger partial charge in [-0.3, -0.25) is 4.79 Å². The smallest absolute Gasteiger partial charge is 0.307 e. The van der Waals surface area contributed by atoms with E-state index >= 15 is 0 Å². The number of thiazole rings is 1. The first-order valence-electron chi connectivity index (χ1n) is 8.85. The van der Waals surface area contributed by atoms with Crippen molar-refractivity contribution in [2.45, 2.75) is 33.0 Å². The molecule has 5 nitrogen and oxygen atoms in total. The second kappa shape index (κ2) is 6.70. The number of aromatic nitrogens is 3. The number of benzene rings is 2. The molecule has 0 aliphatic heterocycles. The number of hydrogen-bond donors (Lipinski definition) is 1. The standard InChI is InChI=1S/C20H22N4OS/c1-4-24-16-8-6-5-7-15(16)22-19(24)13(2)21-12-14-9-10-17-18(11-14)26-20(25)23(17)3/h5-11,13,21H,4,12H2,1-3H3. The summed E-state index contributed by atoms with van der Waals surface area (Å²) in [7, 11) is 1.82. The summed E-state index contributed by atoms with van der Waals surface area (Å²) >= 11 is 1.30. The molecule has 0 radical (unpaired) electrons. The second-order valence-electron chi connectivity index (χ2n) is 6.53. The predicted molar refractivity (Wildman–Crippen MR) is 108 cm³/mol. The van der Waals surface area contributed by atoms with Crippen LogP contribution in [-0.2, 0) is 20.1 Å². The summed E-state index contributed by atoms with van der Waals surface area (Å²) in [6.07, 6.45) is 0. The first kappa shape index (κ1) is 17.0. The summed E-state index contributed by atoms with van der Waals surface area (Å²) in [4.78, 5) is 16.7. The van der Waals surface area contributed by atoms with Crippen LogP contribution in [0.1, 0.15) is 31.3 Å². The fraction of sp³-hybridized carbons (Fsp3) is 0.300. The third-order valence-electron chi connectivity index (χ3n) is 4.86. The fourth-order valence-corrected chi connectivity index (χ4v) is 4.35. The zero-order chi connectivity index (χ0) is 18.3. The van der Waals surface area contributed by atoms with Gasteiger partial charge in [-0.05, 0) is 43.7 Å². The van der Waals surface area contributed by atoms with Crippen LogP contribution in [0, 0.1) is 0 Å². The highest BCUT2D eigenvalue weighted by Crippen LogP contribution is 2.22. The topological polar surface area (TPSA) is 51.9 Å². The summed E-state index contributed by atoms with van der Waals surface area (Å²) in [5, 5.41) is 3.57. The lowest BCUT2D eigenvalue weighted by molar-refractivity contribution is 0.522. The summed E-state index contributed by atoms with van der Waals surface area (Å²) in [6.45, 7) is 5.92. The molecule has 0 spiro atoms. The van der Waals surface area contributed by atoms with Crippen LogP contribution in [0.5, 0.6) is 0 Å². The van der Waals surface area contributed by atoms with E-state index in [4.69, 9.17) is 4.98 Å². The first-order valence-corrected chi connectivity index (χ1v) is 9.67. The molecular weight excluding hydrogens is 344 g/mol. The molecule has 4 rings (SSSR count). The van der Waals surface area contributed by atoms with E-state index < -0.39 is 0 Å². The maximum atomic E-state index is 11.8. The van der Waals surface area contributed by atoms with E-state index in [1.165, 1.54) is 22.4 Å². The molecule has 4 aromatic rings. The van der Waals surface area contributed by atoms with Gasteiger partial charge in [0.1, 0.15) is 5.82 Å². The van der Waals surface area contributed by atoms with Crippen molar-refractivity contribution in [3.8, 4) is 0 Å². The minimum atomic E-state index is 0.0788. The van der Waals surface area contributed by atoms with Crippen LogP contribution in [0.3, 0.4) is 0 Å². The maximum Gasteiger partial charge on any atom is 0.307 e. The highest BCUT2D eigenvalue weighted by Gasteiger charge is 2.15. The lowest BCUT2D eigenvalue weighted by atomic mass is 10.2. The molecule has 2 aromatic heterocycles. The molecule has 0 saturated carbocycles. The van der Waals surface area contributed by atoms with Gasteiger partial charge in [-0.2, -0.15) is 0 Å². The largest absolute Gasteiger partial charge is 0.327 e. The number of nitrogens with zero attached hydrogens (tertiary/aromatic N) is 3. The Bertz CT molecular complexity index is 1140. The summed E-state index contributed by atoms with van der Waals surface area (Å²) in [5.41, 5.74) is 4.37. The zero-order valence-electron chi connectivity index (χ0n) is 15.2. The number of para-hydroxylation sites is 2. The highest BCUT2D eigenvalue weighted by atomic mass is 32.1. The van der Waals surface area contributed by atoms with Gasteiger partial charge < -0.3 is 14.5 Å². The molecule has 0 fully saturated rings. The van der Waals surface area contributed by atoms with E-state index in [9.17, 15) is 4.79 Å². The molecule has 1 N–H and O–H groups in total. The van der Waals surface area contributed by atoms with Crippen LogP contribution in [0.15, 0.2) is 47.3 Å². The number of hydrogen-bond acceptors (Lipinski definition) is 4. The van der Waals surface area contributed by atoms with Crippen molar-refractivity contribution in [1.82, 2.24) is 19.4 Å². The van der Waals surface area contributed by atoms with Gasteiger partial charge in [0, 0.05) is 20.1 Å². The molecular formula is C20H22N4OS. The van der Waals surface area contributed by atoms with Crippen molar-refractivity contribution < 1.29 is 0 Å². The molecule has 0 bridgehead atoms. The minimum absolute atomic E-state index is 0.0788. The molecule has 26 heavy (non-hydrogen) atoms. The molecule has 6 heteroatoms. The molecule has 0 aliphatic rings. The SMILES string of the molecule is CCn1c(C(C)NCc2ccc3c(c2)sc(=O)n3C)nc2ccccc21. The summed E-state index contributed by atoms with van der Waals surface area (Å²) < 4.78 is 4.99. The second-order valence-corrected chi connectivity index (χ2v) is 7.53. The van der Waals surface area contributed by atoms with Gasteiger partial charge in [-0.25, -0.2) is 4.98 Å². The molecule has 0 saturated heterocycles. The highest BCUT2D eigenvalue weighted by molar-refractivity contribution is 7.16. The van der Waals surface area contributed by atoms with Crippen molar-refractivity contribution in [2.24, 2.45) is 7.05 Å². The molecule has 0 amide bonds. The Morgan fingerprint density at radius 3 is 2.81 bits per heavy atom. The van der Waals surface area contributed by atoms with Crippen molar-refractivity contribution >= 4 is 32.6 Å². The number of nitrogens with one attached hydrogen (secondary N) is 1. The summed E-state index contributed by atoms with van der Waals surface area (Å²) in [6, 6.07) is 14.6. The van der Waals surface area contributed by atoms with Crippen molar-refractivity contribution in [1.29, 1.82) is 0 Å². The van der Waals surface area contributed by atoms with Gasteiger partial charge in [0.15, 0.2) is 0 Å². The summed E-state index contributed by atoms with van der Waals surface area (Å²) in [5.74, 6) is 1.05. The third kappa shape index (κ3) is 2.85. The molecule has 1 unspecified atom stereocenters. The number of rotatable bonds is 5. The van der Waals surface area contributed by atoms with E-state index in [0.29, 0.717) is 0 Å². The van der Waals surface area contributed by atoms with Gasteiger partial charge in [-0.1, -0.05) is 29.5 Å². The molecule has 2 aromatic carbocycles. The number of aryl methyl sites for hydroxylation is 2. The molecule has 134 valence electrons. The maximum absolute atomic E-state index is 11.8. The average Bonchev–Trinajstić information content (AvgIpc) is 3.17. The van der Waals surface area contributed by atoms with Crippen LogP contribution >= 0.6 is 11.3 Å². The first-order chi connectivity index (χ1) is 12.6. The lowest BCUT2D eigenvalue weighted by Gasteiger charge is -2.15. The number of fused-ring (bicyclic) bond motifs is 2. The van der Waals surface area contributed by atoms with Crippen LogP contribution in [0.25, 0.3) is 21.3 Å². The Morgan fingerprint density at radius 2 is 2.00 bits per heavy atom. The van der Waals surface area contributed by atoms with Gasteiger partial charge in [-0.15, -0.1) is 0 Å². The van der Waals surface area contributed by atoms with Crippen LogP contribution in [-0.4, -0.2) is 14.1 Å². The monoisotopic (exact) mass is 366 g/mol. The zero-order valence-corrected chi connectivity index (χ0v) is 16.0. The van der Waals surface area contributed by atoms with E-state index in [2.05, 4.69) is 54.1 Å². The Kier molecular flexibility index (Phi) is 4.38. The average molecular weight is 366 g/mol. The van der Waals surface area contributed by atoms with Crippen LogP contribution in [0.4, 0.5) is 0 Å². The quantitative estimate of drug-likeness (QED) is 0.584. The molecule has 0 aliphatic carbocycles. The van der Waals surface area contributed by atoms with E-state index in [1.807, 2.05) is 19.2 Å². The van der Waals surface area contributed by atoms with E-state index in [-0.39, 0.29) is 10.9 Å². The predicted octanol–water partition coefficient (Wildman–Crippen LogP) is 3.82. The molecule has 1 atom stereocenters. The normalized spacial score (nSPS) is 12.9. The fourth-order valence-electron chi connectivity index (χ4n) is 3.41. The Hall–Kier alpha value is -2.44. The van der Waals surface area contributed by atoms with Crippen molar-refractivity contribution in [2.75, 3.05) is 0 Å². The Morgan fingerprint density at radius 1 is 1.19 bits per heavy atom. The Balaban J connectivity index is 1.57. The molecule has 2 heterocycles. The number of imidazole rings is 1. The Labute approximate surface area is 155 Å². The van der Waals surface area contributed by atoms with Gasteiger partial charge in [0.05, 0.1) is 27.3 Å². The van der Waals surface area contributed by atoms with Gasteiger partial charge in [0.25, 0.3) is 0 Å². The minimum Gasteiger partial charge on any atom is -0.327 e. The van der Waals surface area contributed by atoms with Gasteiger partial charge in [0.2, 0.25) is 0 Å². The third-order valence-corrected chi connectivity index (χ3v) is 5.85. The lowest BCUT2D eigenvalue weighted by Crippen LogP contribution is -2.21. The van der Waals surface area contributed by atoms with E-state index in [1.54, 1.807) is 4.57 Å². The van der Waals surface area contributed by atoms with Crippen LogP contribution in [0.2, 0.25) is 0 Å². The van der Waals surface area contributed by atoms with Crippen LogP contribution < -0.4 is 10.2 Å². The van der Waals surface area contributed by atoms with Crippen molar-refractivity contribution in [3.63, 3.8) is 0 Å². The van der Waals surface area contributed by atoms with Gasteiger partial charge >= 0.3 is 4.87 Å². The van der Waals surface area contributed by atoms with E-state index in [0.717, 1.165) is 34.6 Å².